The van der Waals surface area contributed by atoms with Gasteiger partial charge in [0, 0.05) is 12.6 Å². The Morgan fingerprint density at radius 2 is 2.24 bits per heavy atom. The van der Waals surface area contributed by atoms with Gasteiger partial charge in [-0.25, -0.2) is 4.79 Å². The number of halogens is 1. The maximum absolute atomic E-state index is 11.9. The van der Waals surface area contributed by atoms with Gasteiger partial charge in [0.1, 0.15) is 12.3 Å². The van der Waals surface area contributed by atoms with Crippen molar-refractivity contribution < 1.29 is 14.9 Å². The molecule has 1 aromatic heterocycles. The van der Waals surface area contributed by atoms with Gasteiger partial charge in [-0.3, -0.25) is 14.3 Å². The third-order valence-corrected chi connectivity index (χ3v) is 3.56. The summed E-state index contributed by atoms with van der Waals surface area (Å²) in [6.07, 6.45) is 4.26. The van der Waals surface area contributed by atoms with Crippen molar-refractivity contribution in [3.8, 4) is 0 Å². The monoisotopic (exact) mass is 406 g/mol. The van der Waals surface area contributed by atoms with Crippen molar-refractivity contribution in [2.24, 2.45) is 0 Å². The van der Waals surface area contributed by atoms with E-state index in [0.717, 1.165) is 0 Å². The minimum atomic E-state index is -0.847. The number of nitrogens with one attached hydrogen (secondary N) is 1. The number of hydrogen-bond donors (Lipinski definition) is 3. The van der Waals surface area contributed by atoms with E-state index in [1.807, 2.05) is 22.6 Å². The molecule has 0 aliphatic carbocycles. The van der Waals surface area contributed by atoms with Crippen molar-refractivity contribution in [1.82, 2.24) is 9.55 Å². The van der Waals surface area contributed by atoms with Gasteiger partial charge in [0.25, 0.3) is 5.56 Å². The highest BCUT2D eigenvalue weighted by atomic mass is 127. The summed E-state index contributed by atoms with van der Waals surface area (Å²) < 4.78 is 8.41. The zero-order valence-electron chi connectivity index (χ0n) is 11.0. The van der Waals surface area contributed by atoms with Gasteiger partial charge in [-0.15, -0.1) is 0 Å². The molecule has 7 nitrogen and oxygen atoms in total. The Balaban J connectivity index is 2.34. The Labute approximate surface area is 133 Å². The molecule has 114 valence electrons. The minimum absolute atomic E-state index is 0.175. The number of aromatic amines is 1. The van der Waals surface area contributed by atoms with Crippen LogP contribution in [-0.4, -0.2) is 38.6 Å². The molecule has 1 aromatic rings. The summed E-state index contributed by atoms with van der Waals surface area (Å²) >= 11 is 2.05. The van der Waals surface area contributed by atoms with Crippen LogP contribution in [0.1, 0.15) is 18.2 Å². The summed E-state index contributed by atoms with van der Waals surface area (Å²) in [4.78, 5) is 25.8. The number of ether oxygens (including phenoxy) is 1. The van der Waals surface area contributed by atoms with E-state index >= 15 is 0 Å². The molecule has 2 rings (SSSR count). The summed E-state index contributed by atoms with van der Waals surface area (Å²) in [5, 5.41) is 18.8. The fourth-order valence-electron chi connectivity index (χ4n) is 2.09. The molecule has 1 aliphatic rings. The summed E-state index contributed by atoms with van der Waals surface area (Å²) in [5.41, 5.74) is -0.807. The molecule has 0 spiro atoms. The lowest BCUT2D eigenvalue weighted by molar-refractivity contribution is -0.0459. The maximum atomic E-state index is 11.9. The molecule has 0 amide bonds. The van der Waals surface area contributed by atoms with E-state index in [9.17, 15) is 14.7 Å². The van der Waals surface area contributed by atoms with E-state index in [1.54, 1.807) is 22.3 Å². The molecule has 8 heteroatoms. The summed E-state index contributed by atoms with van der Waals surface area (Å²) in [6, 6.07) is 0. The van der Waals surface area contributed by atoms with Gasteiger partial charge in [-0.05, 0) is 10.2 Å². The molecular weight excluding hydrogens is 391 g/mol. The smallest absolute Gasteiger partial charge is 0.330 e. The van der Waals surface area contributed by atoms with E-state index in [4.69, 9.17) is 9.84 Å². The average molecular weight is 406 g/mol. The van der Waals surface area contributed by atoms with Crippen LogP contribution in [0.25, 0.3) is 6.08 Å². The zero-order chi connectivity index (χ0) is 15.4. The highest BCUT2D eigenvalue weighted by Gasteiger charge is 2.35. The fourth-order valence-corrected chi connectivity index (χ4v) is 2.32. The second kappa shape index (κ2) is 7.16. The SMILES string of the molecule is O=c1[nH]c(=O)n([C@H]2C[C@H](O)[C@@H](CO)O2)cc1/C=C/C=C/I. The molecule has 3 atom stereocenters. The van der Waals surface area contributed by atoms with Crippen LogP contribution in [0, 0.1) is 0 Å². The average Bonchev–Trinajstić information content (AvgIpc) is 2.82. The quantitative estimate of drug-likeness (QED) is 0.488. The van der Waals surface area contributed by atoms with Crippen LogP contribution in [0.3, 0.4) is 0 Å². The van der Waals surface area contributed by atoms with Gasteiger partial charge in [0.05, 0.1) is 18.3 Å². The van der Waals surface area contributed by atoms with Crippen molar-refractivity contribution >= 4 is 28.7 Å². The number of aliphatic hydroxyl groups excluding tert-OH is 2. The van der Waals surface area contributed by atoms with Gasteiger partial charge >= 0.3 is 5.69 Å². The van der Waals surface area contributed by atoms with Crippen LogP contribution in [0.2, 0.25) is 0 Å². The van der Waals surface area contributed by atoms with Crippen molar-refractivity contribution in [2.45, 2.75) is 24.9 Å². The topological polar surface area (TPSA) is 105 Å². The molecule has 1 aliphatic heterocycles. The largest absolute Gasteiger partial charge is 0.394 e. The molecule has 3 N–H and O–H groups in total. The number of allylic oxidation sites excluding steroid dienone is 2. The predicted octanol–water partition coefficient (Wildman–Crippen LogP) is 0.139. The molecule has 0 saturated carbocycles. The molecule has 0 unspecified atom stereocenters. The molecule has 1 fully saturated rings. The Morgan fingerprint density at radius 3 is 2.86 bits per heavy atom. The highest BCUT2D eigenvalue weighted by molar-refractivity contribution is 14.1. The first-order chi connectivity index (χ1) is 10.1. The van der Waals surface area contributed by atoms with Gasteiger partial charge in [-0.2, -0.15) is 0 Å². The van der Waals surface area contributed by atoms with Gasteiger partial charge in [0.15, 0.2) is 0 Å². The van der Waals surface area contributed by atoms with Crippen LogP contribution in [0.5, 0.6) is 0 Å². The molecule has 2 heterocycles. The van der Waals surface area contributed by atoms with E-state index in [1.165, 1.54) is 10.8 Å². The second-order valence-electron chi connectivity index (χ2n) is 4.54. The summed E-state index contributed by atoms with van der Waals surface area (Å²) in [7, 11) is 0. The summed E-state index contributed by atoms with van der Waals surface area (Å²) in [5.74, 6) is 0. The number of H-pyrrole nitrogens is 1. The lowest BCUT2D eigenvalue weighted by Gasteiger charge is -2.14. The zero-order valence-corrected chi connectivity index (χ0v) is 13.1. The van der Waals surface area contributed by atoms with Crippen LogP contribution >= 0.6 is 22.6 Å². The normalized spacial score (nSPS) is 26.1. The van der Waals surface area contributed by atoms with Gasteiger partial charge < -0.3 is 14.9 Å². The van der Waals surface area contributed by atoms with Crippen LogP contribution in [0.15, 0.2) is 32.0 Å². The Morgan fingerprint density at radius 1 is 1.48 bits per heavy atom. The molecule has 0 aromatic carbocycles. The molecule has 0 bridgehead atoms. The number of nitrogens with zero attached hydrogens (tertiary/aromatic N) is 1. The number of hydrogen-bond acceptors (Lipinski definition) is 5. The summed E-state index contributed by atoms with van der Waals surface area (Å²) in [6.45, 7) is -0.330. The second-order valence-corrected chi connectivity index (χ2v) is 5.26. The number of aromatic nitrogens is 2. The third-order valence-electron chi connectivity index (χ3n) is 3.15. The van der Waals surface area contributed by atoms with Crippen molar-refractivity contribution in [1.29, 1.82) is 0 Å². The first-order valence-electron chi connectivity index (χ1n) is 6.30. The van der Waals surface area contributed by atoms with E-state index in [0.29, 0.717) is 5.56 Å². The third kappa shape index (κ3) is 3.70. The van der Waals surface area contributed by atoms with Crippen molar-refractivity contribution in [2.75, 3.05) is 6.61 Å². The first kappa shape index (κ1) is 16.1. The lowest BCUT2D eigenvalue weighted by atomic mass is 10.2. The lowest BCUT2D eigenvalue weighted by Crippen LogP contribution is -2.33. The Kier molecular flexibility index (Phi) is 5.51. The number of rotatable bonds is 4. The standard InChI is InChI=1S/C13H15IN2O5/c14-4-2-1-3-8-6-16(13(20)15-12(8)19)11-5-9(18)10(7-17)21-11/h1-4,6,9-11,17-18H,5,7H2,(H,15,19,20)/b3-1+,4-2+/t9-,10+,11+/m0/s1. The van der Waals surface area contributed by atoms with Gasteiger partial charge in [0.2, 0.25) is 0 Å². The van der Waals surface area contributed by atoms with E-state index in [2.05, 4.69) is 4.98 Å². The maximum Gasteiger partial charge on any atom is 0.330 e. The van der Waals surface area contributed by atoms with Crippen molar-refractivity contribution in [3.63, 3.8) is 0 Å². The Bertz CT molecular complexity index is 663. The molecule has 21 heavy (non-hydrogen) atoms. The predicted molar refractivity (Wildman–Crippen MR) is 85.1 cm³/mol. The van der Waals surface area contributed by atoms with Crippen LogP contribution in [-0.2, 0) is 4.74 Å². The Hall–Kier alpha value is -1.23. The minimum Gasteiger partial charge on any atom is -0.394 e. The van der Waals surface area contributed by atoms with Crippen LogP contribution < -0.4 is 11.2 Å². The van der Waals surface area contributed by atoms with Crippen molar-refractivity contribution in [3.05, 3.63) is 48.8 Å². The highest BCUT2D eigenvalue weighted by Crippen LogP contribution is 2.27. The van der Waals surface area contributed by atoms with Gasteiger partial charge in [-0.1, -0.05) is 34.7 Å². The van der Waals surface area contributed by atoms with E-state index < -0.39 is 29.7 Å². The van der Waals surface area contributed by atoms with Crippen LogP contribution in [0.4, 0.5) is 0 Å². The fraction of sp³-hybridized carbons (Fsp3) is 0.385. The molecule has 1 saturated heterocycles. The molecule has 0 radical (unpaired) electrons. The van der Waals surface area contributed by atoms with E-state index in [-0.39, 0.29) is 13.0 Å². The molecular formula is C13H15IN2O5. The number of aliphatic hydroxyl groups is 2. The first-order valence-corrected chi connectivity index (χ1v) is 7.54.